The average Bonchev–Trinajstić information content (AvgIpc) is 2.41. The number of benzene rings is 1. The van der Waals surface area contributed by atoms with Gasteiger partial charge in [-0.2, -0.15) is 0 Å². The fraction of sp³-hybridized carbons (Fsp3) is 0.600. The molecule has 4 heteroatoms. The number of para-hydroxylation sites is 1. The molecule has 1 fully saturated rings. The number of nitrogen functional groups attached to an aromatic ring is 1. The molecule has 0 bridgehead atoms. The summed E-state index contributed by atoms with van der Waals surface area (Å²) in [5.74, 6) is 1.51. The van der Waals surface area contributed by atoms with Gasteiger partial charge >= 0.3 is 0 Å². The molecule has 4 nitrogen and oxygen atoms in total. The first-order valence-corrected chi connectivity index (χ1v) is 6.94. The van der Waals surface area contributed by atoms with Crippen LogP contribution >= 0.6 is 0 Å². The number of ether oxygens (including phenoxy) is 1. The maximum atomic E-state index is 6.15. The summed E-state index contributed by atoms with van der Waals surface area (Å²) in [6.45, 7) is 3.46. The predicted molar refractivity (Wildman–Crippen MR) is 80.9 cm³/mol. The smallest absolute Gasteiger partial charge is 0.143 e. The van der Waals surface area contributed by atoms with Crippen molar-refractivity contribution in [1.29, 1.82) is 0 Å². The van der Waals surface area contributed by atoms with Crippen LogP contribution in [0.25, 0.3) is 0 Å². The second kappa shape index (κ2) is 6.15. The van der Waals surface area contributed by atoms with Crippen molar-refractivity contribution in [1.82, 2.24) is 4.90 Å². The summed E-state index contributed by atoms with van der Waals surface area (Å²) in [4.78, 5) is 4.66. The molecular formula is C15H25N3O. The number of rotatable bonds is 4. The second-order valence-corrected chi connectivity index (χ2v) is 5.52. The van der Waals surface area contributed by atoms with Gasteiger partial charge in [-0.05, 0) is 51.0 Å². The Bertz CT molecular complexity index is 414. The Morgan fingerprint density at radius 2 is 2.05 bits per heavy atom. The van der Waals surface area contributed by atoms with Gasteiger partial charge < -0.3 is 20.3 Å². The van der Waals surface area contributed by atoms with Gasteiger partial charge in [-0.1, -0.05) is 6.07 Å². The fourth-order valence-corrected chi connectivity index (χ4v) is 2.77. The van der Waals surface area contributed by atoms with E-state index in [0.29, 0.717) is 0 Å². The lowest BCUT2D eigenvalue weighted by molar-refractivity contribution is 0.222. The number of hydrogen-bond donors (Lipinski definition) is 1. The molecule has 0 aromatic heterocycles. The molecule has 106 valence electrons. The SMILES string of the molecule is COc1cccc(N(C)CC2CCN(C)CC2)c1N. The molecular weight excluding hydrogens is 238 g/mol. The minimum Gasteiger partial charge on any atom is -0.495 e. The largest absolute Gasteiger partial charge is 0.495 e. The summed E-state index contributed by atoms with van der Waals surface area (Å²) in [5, 5.41) is 0. The topological polar surface area (TPSA) is 41.7 Å². The lowest BCUT2D eigenvalue weighted by Crippen LogP contribution is -2.35. The van der Waals surface area contributed by atoms with Crippen molar-refractivity contribution in [3.05, 3.63) is 18.2 Å². The van der Waals surface area contributed by atoms with E-state index in [2.05, 4.69) is 30.0 Å². The molecule has 0 aliphatic carbocycles. The molecule has 2 rings (SSSR count). The molecule has 1 aromatic carbocycles. The highest BCUT2D eigenvalue weighted by atomic mass is 16.5. The molecule has 0 unspecified atom stereocenters. The number of nitrogens with two attached hydrogens (primary N) is 1. The molecule has 1 aromatic rings. The van der Waals surface area contributed by atoms with Gasteiger partial charge in [-0.15, -0.1) is 0 Å². The first-order chi connectivity index (χ1) is 9.11. The van der Waals surface area contributed by atoms with Crippen LogP contribution in [0.15, 0.2) is 18.2 Å². The summed E-state index contributed by atoms with van der Waals surface area (Å²) >= 11 is 0. The number of hydrogen-bond acceptors (Lipinski definition) is 4. The van der Waals surface area contributed by atoms with Gasteiger partial charge in [0.1, 0.15) is 5.75 Å². The first kappa shape index (κ1) is 14.0. The molecule has 0 spiro atoms. The second-order valence-electron chi connectivity index (χ2n) is 5.52. The van der Waals surface area contributed by atoms with E-state index in [-0.39, 0.29) is 0 Å². The third-order valence-electron chi connectivity index (χ3n) is 4.04. The zero-order valence-corrected chi connectivity index (χ0v) is 12.2. The summed E-state index contributed by atoms with van der Waals surface area (Å²) in [7, 11) is 5.97. The highest BCUT2D eigenvalue weighted by Crippen LogP contribution is 2.32. The van der Waals surface area contributed by atoms with Crippen molar-refractivity contribution in [3.63, 3.8) is 0 Å². The van der Waals surface area contributed by atoms with Crippen LogP contribution in [0, 0.1) is 5.92 Å². The molecule has 1 saturated heterocycles. The lowest BCUT2D eigenvalue weighted by Gasteiger charge is -2.33. The van der Waals surface area contributed by atoms with Crippen molar-refractivity contribution >= 4 is 11.4 Å². The summed E-state index contributed by atoms with van der Waals surface area (Å²) in [6, 6.07) is 5.96. The van der Waals surface area contributed by atoms with Crippen LogP contribution in [-0.4, -0.2) is 45.7 Å². The number of anilines is 2. The molecule has 0 atom stereocenters. The first-order valence-electron chi connectivity index (χ1n) is 6.94. The third kappa shape index (κ3) is 3.32. The van der Waals surface area contributed by atoms with Crippen molar-refractivity contribution in [2.45, 2.75) is 12.8 Å². The van der Waals surface area contributed by atoms with Crippen LogP contribution in [-0.2, 0) is 0 Å². The van der Waals surface area contributed by atoms with Gasteiger partial charge in [0.15, 0.2) is 0 Å². The Morgan fingerprint density at radius 1 is 1.37 bits per heavy atom. The van der Waals surface area contributed by atoms with E-state index in [4.69, 9.17) is 10.5 Å². The number of likely N-dealkylation sites (tertiary alicyclic amines) is 1. The molecule has 1 aliphatic heterocycles. The molecule has 0 radical (unpaired) electrons. The van der Waals surface area contributed by atoms with Crippen molar-refractivity contribution < 1.29 is 4.74 Å². The zero-order valence-electron chi connectivity index (χ0n) is 12.2. The quantitative estimate of drug-likeness (QED) is 0.844. The van der Waals surface area contributed by atoms with Crippen molar-refractivity contribution in [2.75, 3.05) is 51.5 Å². The van der Waals surface area contributed by atoms with Gasteiger partial charge in [0.2, 0.25) is 0 Å². The van der Waals surface area contributed by atoms with E-state index in [1.165, 1.54) is 25.9 Å². The fourth-order valence-electron chi connectivity index (χ4n) is 2.77. The van der Waals surface area contributed by atoms with E-state index in [1.54, 1.807) is 7.11 Å². The highest BCUT2D eigenvalue weighted by molar-refractivity contribution is 5.73. The average molecular weight is 263 g/mol. The van der Waals surface area contributed by atoms with E-state index in [9.17, 15) is 0 Å². The number of methoxy groups -OCH3 is 1. The van der Waals surface area contributed by atoms with E-state index < -0.39 is 0 Å². The van der Waals surface area contributed by atoms with Crippen LogP contribution in [0.1, 0.15) is 12.8 Å². The summed E-state index contributed by atoms with van der Waals surface area (Å²) in [6.07, 6.45) is 2.54. The van der Waals surface area contributed by atoms with Gasteiger partial charge in [0.25, 0.3) is 0 Å². The van der Waals surface area contributed by atoms with Crippen LogP contribution < -0.4 is 15.4 Å². The van der Waals surface area contributed by atoms with E-state index in [1.807, 2.05) is 12.1 Å². The molecule has 19 heavy (non-hydrogen) atoms. The van der Waals surface area contributed by atoms with Gasteiger partial charge in [0.05, 0.1) is 18.5 Å². The normalized spacial score (nSPS) is 17.4. The standard InChI is InChI=1S/C15H25N3O/c1-17-9-7-12(8-10-17)11-18(2)13-5-4-6-14(19-3)15(13)16/h4-6,12H,7-11,16H2,1-3H3. The van der Waals surface area contributed by atoms with Crippen LogP contribution in [0.2, 0.25) is 0 Å². The van der Waals surface area contributed by atoms with Crippen molar-refractivity contribution in [2.24, 2.45) is 5.92 Å². The van der Waals surface area contributed by atoms with Gasteiger partial charge in [0, 0.05) is 13.6 Å². The molecule has 2 N–H and O–H groups in total. The van der Waals surface area contributed by atoms with Crippen LogP contribution in [0.5, 0.6) is 5.75 Å². The molecule has 0 amide bonds. The van der Waals surface area contributed by atoms with Gasteiger partial charge in [-0.25, -0.2) is 0 Å². The van der Waals surface area contributed by atoms with Crippen molar-refractivity contribution in [3.8, 4) is 5.75 Å². The molecule has 0 saturated carbocycles. The maximum absolute atomic E-state index is 6.15. The maximum Gasteiger partial charge on any atom is 0.143 e. The molecule has 1 aliphatic rings. The molecule has 1 heterocycles. The summed E-state index contributed by atoms with van der Waals surface area (Å²) in [5.41, 5.74) is 7.95. The Hall–Kier alpha value is -1.42. The summed E-state index contributed by atoms with van der Waals surface area (Å²) < 4.78 is 5.28. The number of nitrogens with zero attached hydrogens (tertiary/aromatic N) is 2. The zero-order chi connectivity index (χ0) is 13.8. The van der Waals surface area contributed by atoms with Crippen LogP contribution in [0.3, 0.4) is 0 Å². The van der Waals surface area contributed by atoms with E-state index >= 15 is 0 Å². The monoisotopic (exact) mass is 263 g/mol. The van der Waals surface area contributed by atoms with Crippen LogP contribution in [0.4, 0.5) is 11.4 Å². The minimum absolute atomic E-state index is 0.737. The Labute approximate surface area is 116 Å². The predicted octanol–water partition coefficient (Wildman–Crippen LogP) is 2.06. The minimum atomic E-state index is 0.737. The number of piperidine rings is 1. The van der Waals surface area contributed by atoms with E-state index in [0.717, 1.165) is 29.6 Å². The lowest BCUT2D eigenvalue weighted by atomic mass is 9.96. The third-order valence-corrected chi connectivity index (χ3v) is 4.04. The highest BCUT2D eigenvalue weighted by Gasteiger charge is 2.19. The Balaban J connectivity index is 2.01. The Kier molecular flexibility index (Phi) is 4.53. The van der Waals surface area contributed by atoms with Gasteiger partial charge in [-0.3, -0.25) is 0 Å². The Morgan fingerprint density at radius 3 is 2.68 bits per heavy atom.